The first-order valence-corrected chi connectivity index (χ1v) is 17.0. The van der Waals surface area contributed by atoms with Crippen LogP contribution in [0.2, 0.25) is 24.2 Å². The molecule has 2 aromatic rings. The molecular formula is C34H40Si. The highest BCUT2D eigenvalue weighted by Crippen LogP contribution is 2.64. The van der Waals surface area contributed by atoms with Crippen LogP contribution in [0.25, 0.3) is 11.1 Å². The second-order valence-corrected chi connectivity index (χ2v) is 17.4. The van der Waals surface area contributed by atoms with E-state index in [0.717, 1.165) is 22.9 Å². The first-order valence-electron chi connectivity index (χ1n) is 13.8. The summed E-state index contributed by atoms with van der Waals surface area (Å²) in [6, 6.07) is 22.3. The predicted molar refractivity (Wildman–Crippen MR) is 154 cm³/mol. The van der Waals surface area contributed by atoms with Gasteiger partial charge in [-0.2, -0.15) is 0 Å². The van der Waals surface area contributed by atoms with Gasteiger partial charge in [-0.15, -0.1) is 0 Å². The van der Waals surface area contributed by atoms with Crippen LogP contribution in [-0.4, -0.2) is 8.07 Å². The van der Waals surface area contributed by atoms with Gasteiger partial charge in [-0.25, -0.2) is 0 Å². The lowest BCUT2D eigenvalue weighted by atomic mass is 9.81. The van der Waals surface area contributed by atoms with Crippen LogP contribution < -0.4 is 0 Å². The zero-order chi connectivity index (χ0) is 24.2. The summed E-state index contributed by atoms with van der Waals surface area (Å²) in [7, 11) is -1.60. The summed E-state index contributed by atoms with van der Waals surface area (Å²) in [6.07, 6.45) is 17.5. The molecule has 0 amide bonds. The number of allylic oxidation sites excluding steroid dienone is 8. The molecule has 6 rings (SSSR count). The Labute approximate surface area is 213 Å². The Morgan fingerprint density at radius 3 is 1.40 bits per heavy atom. The van der Waals surface area contributed by atoms with Crippen LogP contribution in [0.4, 0.5) is 0 Å². The first kappa shape index (κ1) is 23.0. The van der Waals surface area contributed by atoms with Crippen LogP contribution >= 0.6 is 0 Å². The number of hydrogen-bond donors (Lipinski definition) is 0. The molecule has 2 aromatic carbocycles. The number of fused-ring (bicyclic) bond motifs is 2. The van der Waals surface area contributed by atoms with Crippen LogP contribution in [0, 0.1) is 35.5 Å². The Bertz CT molecular complexity index is 1090. The average molecular weight is 477 g/mol. The molecule has 4 aliphatic rings. The zero-order valence-corrected chi connectivity index (χ0v) is 22.8. The Morgan fingerprint density at radius 1 is 0.600 bits per heavy atom. The van der Waals surface area contributed by atoms with Gasteiger partial charge < -0.3 is 0 Å². The van der Waals surface area contributed by atoms with Crippen molar-refractivity contribution in [3.63, 3.8) is 0 Å². The molecule has 8 atom stereocenters. The van der Waals surface area contributed by atoms with Crippen molar-refractivity contribution >= 4 is 19.2 Å². The molecule has 0 heterocycles. The molecule has 0 bridgehead atoms. The monoisotopic (exact) mass is 476 g/mol. The van der Waals surface area contributed by atoms with Gasteiger partial charge >= 0.3 is 0 Å². The molecule has 0 spiro atoms. The molecule has 0 N–H and O–H groups in total. The van der Waals surface area contributed by atoms with Gasteiger partial charge in [0, 0.05) is 0 Å². The molecule has 0 aliphatic heterocycles. The molecule has 4 aliphatic carbocycles. The predicted octanol–water partition coefficient (Wildman–Crippen LogP) is 9.29. The van der Waals surface area contributed by atoms with Crippen molar-refractivity contribution in [3.8, 4) is 0 Å². The lowest BCUT2D eigenvalue weighted by Gasteiger charge is -2.46. The SMILES string of the molecule is C[C@@H]1CC2C(c3ccccc3)=CC=CC2C1[Si](C)(C)C1C2C=CC=C(c3ccccc3)C2C[C@@H]1C. The fraction of sp³-hybridized carbons (Fsp3) is 0.412. The number of rotatable bonds is 4. The minimum Gasteiger partial charge on any atom is -0.0808 e. The van der Waals surface area contributed by atoms with Crippen molar-refractivity contribution in [1.82, 2.24) is 0 Å². The molecule has 2 saturated carbocycles. The van der Waals surface area contributed by atoms with Crippen molar-refractivity contribution in [1.29, 1.82) is 0 Å². The standard InChI is InChI=1S/C34H40Si/c1-23-21-31-27(25-13-7-5-8-14-25)17-11-19-29(31)33(23)35(3,4)34-24(2)22-32-28(18-12-20-30(32)34)26-15-9-6-10-16-26/h5-20,23-24,29-34H,21-22H2,1-4H3/t23-,24+,29?,30?,31?,32?,33?,34?. The average Bonchev–Trinajstić information content (AvgIpc) is 3.41. The van der Waals surface area contributed by atoms with Crippen molar-refractivity contribution in [2.75, 3.05) is 0 Å². The van der Waals surface area contributed by atoms with E-state index in [1.165, 1.54) is 24.0 Å². The van der Waals surface area contributed by atoms with Gasteiger partial charge in [-0.3, -0.25) is 0 Å². The summed E-state index contributed by atoms with van der Waals surface area (Å²) in [6.45, 7) is 10.7. The van der Waals surface area contributed by atoms with Crippen LogP contribution in [0.5, 0.6) is 0 Å². The first-order chi connectivity index (χ1) is 17.0. The fourth-order valence-corrected chi connectivity index (χ4v) is 15.5. The second-order valence-electron chi connectivity index (χ2n) is 12.4. The lowest BCUT2D eigenvalue weighted by molar-refractivity contribution is 0.495. The highest BCUT2D eigenvalue weighted by Gasteiger charge is 2.57. The highest BCUT2D eigenvalue weighted by atomic mass is 28.3. The van der Waals surface area contributed by atoms with E-state index in [0.29, 0.717) is 23.7 Å². The van der Waals surface area contributed by atoms with Crippen LogP contribution in [0.15, 0.2) is 97.1 Å². The summed E-state index contributed by atoms with van der Waals surface area (Å²) >= 11 is 0. The molecule has 35 heavy (non-hydrogen) atoms. The van der Waals surface area contributed by atoms with E-state index >= 15 is 0 Å². The molecule has 6 unspecified atom stereocenters. The van der Waals surface area contributed by atoms with E-state index in [-0.39, 0.29) is 0 Å². The quantitative estimate of drug-likeness (QED) is 0.386. The molecule has 2 fully saturated rings. The van der Waals surface area contributed by atoms with E-state index in [4.69, 9.17) is 0 Å². The van der Waals surface area contributed by atoms with Gasteiger partial charge in [0.05, 0.1) is 8.07 Å². The number of benzene rings is 2. The van der Waals surface area contributed by atoms with Gasteiger partial charge in [-0.05, 0) is 81.7 Å². The molecule has 180 valence electrons. The zero-order valence-electron chi connectivity index (χ0n) is 21.8. The van der Waals surface area contributed by atoms with Crippen molar-refractivity contribution in [2.45, 2.75) is 50.9 Å². The van der Waals surface area contributed by atoms with Crippen molar-refractivity contribution < 1.29 is 0 Å². The summed E-state index contributed by atoms with van der Waals surface area (Å²) in [5.41, 5.74) is 7.73. The maximum Gasteiger partial charge on any atom is 0.0553 e. The van der Waals surface area contributed by atoms with E-state index in [1.807, 2.05) is 0 Å². The third kappa shape index (κ3) is 3.78. The lowest BCUT2D eigenvalue weighted by Crippen LogP contribution is -2.45. The van der Waals surface area contributed by atoms with E-state index in [1.54, 1.807) is 11.1 Å². The van der Waals surface area contributed by atoms with Gasteiger partial charge in [-0.1, -0.05) is 124 Å². The summed E-state index contributed by atoms with van der Waals surface area (Å²) in [5, 5.41) is 0. The molecule has 0 radical (unpaired) electrons. The van der Waals surface area contributed by atoms with E-state index < -0.39 is 8.07 Å². The fourth-order valence-electron chi connectivity index (χ4n) is 9.23. The Hall–Kier alpha value is -2.38. The van der Waals surface area contributed by atoms with E-state index in [9.17, 15) is 0 Å². The smallest absolute Gasteiger partial charge is 0.0553 e. The minimum absolute atomic E-state index is 0.684. The molecule has 0 aromatic heterocycles. The largest absolute Gasteiger partial charge is 0.0808 e. The second kappa shape index (κ2) is 8.93. The maximum absolute atomic E-state index is 2.77. The highest BCUT2D eigenvalue weighted by molar-refractivity contribution is 6.80. The van der Waals surface area contributed by atoms with Crippen LogP contribution in [0.1, 0.15) is 37.8 Å². The van der Waals surface area contributed by atoms with E-state index in [2.05, 4.69) is 124 Å². The van der Waals surface area contributed by atoms with Crippen molar-refractivity contribution in [3.05, 3.63) is 108 Å². The van der Waals surface area contributed by atoms with Crippen LogP contribution in [0.3, 0.4) is 0 Å². The Kier molecular flexibility index (Phi) is 5.88. The van der Waals surface area contributed by atoms with Crippen molar-refractivity contribution in [2.24, 2.45) is 35.5 Å². The topological polar surface area (TPSA) is 0 Å². The number of hydrogen-bond acceptors (Lipinski definition) is 0. The van der Waals surface area contributed by atoms with Gasteiger partial charge in [0.25, 0.3) is 0 Å². The summed E-state index contributed by atoms with van der Waals surface area (Å²) < 4.78 is 0. The van der Waals surface area contributed by atoms with Gasteiger partial charge in [0.15, 0.2) is 0 Å². The Balaban J connectivity index is 1.31. The minimum atomic E-state index is -1.60. The molecule has 0 saturated heterocycles. The normalized spacial score (nSPS) is 35.9. The summed E-state index contributed by atoms with van der Waals surface area (Å²) in [4.78, 5) is 0. The van der Waals surface area contributed by atoms with Gasteiger partial charge in [0.2, 0.25) is 0 Å². The molecular weight excluding hydrogens is 436 g/mol. The molecule has 0 nitrogen and oxygen atoms in total. The van der Waals surface area contributed by atoms with Crippen LogP contribution in [-0.2, 0) is 0 Å². The maximum atomic E-state index is 2.77. The summed E-state index contributed by atoms with van der Waals surface area (Å²) in [5.74, 6) is 4.37. The Morgan fingerprint density at radius 2 is 1.00 bits per heavy atom. The molecule has 1 heteroatoms. The third-order valence-electron chi connectivity index (χ3n) is 10.2. The third-order valence-corrected chi connectivity index (χ3v) is 15.5. The van der Waals surface area contributed by atoms with Gasteiger partial charge in [0.1, 0.15) is 0 Å².